The maximum Gasteiger partial charge on any atom is 0.308 e. The van der Waals surface area contributed by atoms with Crippen LogP contribution < -0.4 is 10.1 Å². The van der Waals surface area contributed by atoms with Crippen molar-refractivity contribution in [2.75, 3.05) is 12.4 Å². The molecular formula is C19H21N3O3. The highest BCUT2D eigenvalue weighted by Gasteiger charge is 2.49. The second kappa shape index (κ2) is 6.70. The zero-order chi connectivity index (χ0) is 17.2. The van der Waals surface area contributed by atoms with Crippen molar-refractivity contribution < 1.29 is 14.3 Å². The number of anilines is 1. The van der Waals surface area contributed by atoms with E-state index in [1.54, 1.807) is 12.3 Å². The van der Waals surface area contributed by atoms with E-state index in [4.69, 9.17) is 9.47 Å². The highest BCUT2D eigenvalue weighted by molar-refractivity contribution is 5.72. The van der Waals surface area contributed by atoms with Gasteiger partial charge in [-0.05, 0) is 43.2 Å². The van der Waals surface area contributed by atoms with Crippen LogP contribution in [0.4, 0.5) is 5.95 Å². The van der Waals surface area contributed by atoms with Gasteiger partial charge in [-0.2, -0.15) is 4.98 Å². The molecule has 4 unspecified atom stereocenters. The molecule has 130 valence electrons. The summed E-state index contributed by atoms with van der Waals surface area (Å²) in [6, 6.07) is 11.6. The normalized spacial score (nSPS) is 27.1. The summed E-state index contributed by atoms with van der Waals surface area (Å²) in [5.74, 6) is 2.88. The molecule has 0 spiro atoms. The molecule has 0 amide bonds. The molecule has 6 heteroatoms. The van der Waals surface area contributed by atoms with E-state index in [0.717, 1.165) is 25.0 Å². The first-order chi connectivity index (χ1) is 12.2. The van der Waals surface area contributed by atoms with Gasteiger partial charge in [0.1, 0.15) is 5.75 Å². The van der Waals surface area contributed by atoms with E-state index in [1.165, 1.54) is 7.11 Å². The van der Waals surface area contributed by atoms with Crippen molar-refractivity contribution in [1.82, 2.24) is 9.97 Å². The van der Waals surface area contributed by atoms with Crippen molar-refractivity contribution >= 4 is 11.9 Å². The number of benzene rings is 1. The predicted molar refractivity (Wildman–Crippen MR) is 92.3 cm³/mol. The number of carbonyl (C=O) groups excluding carboxylic acids is 1. The Morgan fingerprint density at radius 1 is 1.16 bits per heavy atom. The molecule has 4 atom stereocenters. The molecule has 2 fully saturated rings. The van der Waals surface area contributed by atoms with Crippen LogP contribution in [0.3, 0.4) is 0 Å². The molecule has 0 saturated heterocycles. The van der Waals surface area contributed by atoms with E-state index in [2.05, 4.69) is 15.3 Å². The van der Waals surface area contributed by atoms with Crippen molar-refractivity contribution in [2.24, 2.45) is 17.8 Å². The number of hydrogen-bond donors (Lipinski definition) is 1. The first-order valence-electron chi connectivity index (χ1n) is 8.63. The number of nitrogens with one attached hydrogen (secondary N) is 1. The topological polar surface area (TPSA) is 73.3 Å². The monoisotopic (exact) mass is 339 g/mol. The summed E-state index contributed by atoms with van der Waals surface area (Å²) < 4.78 is 10.6. The Hall–Kier alpha value is -2.63. The average molecular weight is 339 g/mol. The van der Waals surface area contributed by atoms with E-state index in [0.29, 0.717) is 29.7 Å². The van der Waals surface area contributed by atoms with Gasteiger partial charge in [-0.15, -0.1) is 0 Å². The Morgan fingerprint density at radius 2 is 2.00 bits per heavy atom. The van der Waals surface area contributed by atoms with Crippen LogP contribution in [0, 0.1) is 17.8 Å². The number of fused-ring (bicyclic) bond motifs is 1. The van der Waals surface area contributed by atoms with Crippen molar-refractivity contribution in [2.45, 2.75) is 25.3 Å². The molecule has 2 aliphatic carbocycles. The zero-order valence-electron chi connectivity index (χ0n) is 14.1. The first kappa shape index (κ1) is 15.9. The third kappa shape index (κ3) is 3.29. The third-order valence-corrected chi connectivity index (χ3v) is 5.27. The summed E-state index contributed by atoms with van der Waals surface area (Å²) >= 11 is 0. The number of methoxy groups -OCH3 is 1. The molecule has 6 nitrogen and oxygen atoms in total. The van der Waals surface area contributed by atoms with Crippen LogP contribution in [0.2, 0.25) is 0 Å². The largest absolute Gasteiger partial charge is 0.469 e. The Kier molecular flexibility index (Phi) is 4.26. The lowest BCUT2D eigenvalue weighted by Crippen LogP contribution is -2.43. The molecule has 1 aromatic carbocycles. The second-order valence-corrected chi connectivity index (χ2v) is 6.74. The summed E-state index contributed by atoms with van der Waals surface area (Å²) in [7, 11) is 1.46. The quantitative estimate of drug-likeness (QED) is 0.843. The minimum Gasteiger partial charge on any atom is -0.469 e. The van der Waals surface area contributed by atoms with Gasteiger partial charge in [0.25, 0.3) is 0 Å². The number of nitrogens with zero attached hydrogens (tertiary/aromatic N) is 2. The number of ether oxygens (including phenoxy) is 2. The van der Waals surface area contributed by atoms with Crippen molar-refractivity contribution in [1.29, 1.82) is 0 Å². The number of carbonyl (C=O) groups is 1. The fourth-order valence-electron chi connectivity index (χ4n) is 4.00. The van der Waals surface area contributed by atoms with Crippen LogP contribution in [0.5, 0.6) is 11.6 Å². The fourth-order valence-corrected chi connectivity index (χ4v) is 4.00. The lowest BCUT2D eigenvalue weighted by atomic mass is 9.71. The molecule has 0 aliphatic heterocycles. The standard InChI is InChI=1S/C19H21N3O3/c1-24-18(23)13-9-12-11-16(15(12)10-13)21-19-20-8-7-17(22-19)25-14-5-3-2-4-6-14/h2-8,12-13,15-16H,9-11H2,1H3,(H,20,21,22). The Morgan fingerprint density at radius 3 is 2.80 bits per heavy atom. The van der Waals surface area contributed by atoms with Crippen LogP contribution in [-0.2, 0) is 9.53 Å². The maximum absolute atomic E-state index is 11.7. The number of para-hydroxylation sites is 1. The number of rotatable bonds is 5. The maximum atomic E-state index is 11.7. The van der Waals surface area contributed by atoms with Gasteiger partial charge in [-0.1, -0.05) is 18.2 Å². The highest BCUT2D eigenvalue weighted by atomic mass is 16.5. The lowest BCUT2D eigenvalue weighted by molar-refractivity contribution is -0.145. The minimum atomic E-state index is -0.0809. The molecular weight excluding hydrogens is 318 g/mol. The van der Waals surface area contributed by atoms with Crippen LogP contribution in [0.1, 0.15) is 19.3 Å². The third-order valence-electron chi connectivity index (χ3n) is 5.27. The molecule has 0 bridgehead atoms. The van der Waals surface area contributed by atoms with Gasteiger partial charge < -0.3 is 14.8 Å². The first-order valence-corrected chi connectivity index (χ1v) is 8.63. The molecule has 1 aromatic heterocycles. The minimum absolute atomic E-state index is 0.0421. The Balaban J connectivity index is 1.38. The van der Waals surface area contributed by atoms with Gasteiger partial charge in [-0.25, -0.2) is 4.98 Å². The number of hydrogen-bond acceptors (Lipinski definition) is 6. The average Bonchev–Trinajstić information content (AvgIpc) is 2.97. The van der Waals surface area contributed by atoms with Crippen molar-refractivity contribution in [3.63, 3.8) is 0 Å². The molecule has 2 aromatic rings. The molecule has 0 radical (unpaired) electrons. The second-order valence-electron chi connectivity index (χ2n) is 6.74. The van der Waals surface area contributed by atoms with Gasteiger partial charge in [0.05, 0.1) is 13.0 Å². The van der Waals surface area contributed by atoms with E-state index in [9.17, 15) is 4.79 Å². The molecule has 2 aliphatic rings. The summed E-state index contributed by atoms with van der Waals surface area (Å²) in [6.45, 7) is 0. The molecule has 4 rings (SSSR count). The zero-order valence-corrected chi connectivity index (χ0v) is 14.1. The summed E-state index contributed by atoms with van der Waals surface area (Å²) in [5.41, 5.74) is 0. The Labute approximate surface area is 146 Å². The summed E-state index contributed by atoms with van der Waals surface area (Å²) in [6.07, 6.45) is 4.56. The van der Waals surface area contributed by atoms with Crippen LogP contribution in [-0.4, -0.2) is 29.1 Å². The molecule has 25 heavy (non-hydrogen) atoms. The van der Waals surface area contributed by atoms with Gasteiger partial charge >= 0.3 is 5.97 Å². The van der Waals surface area contributed by atoms with E-state index in [1.807, 2.05) is 30.3 Å². The van der Waals surface area contributed by atoms with Gasteiger partial charge in [0.2, 0.25) is 11.8 Å². The molecule has 1 N–H and O–H groups in total. The van der Waals surface area contributed by atoms with Gasteiger partial charge in [-0.3, -0.25) is 4.79 Å². The van der Waals surface area contributed by atoms with Crippen molar-refractivity contribution in [3.8, 4) is 11.6 Å². The molecule has 2 saturated carbocycles. The highest BCUT2D eigenvalue weighted by Crippen LogP contribution is 2.50. The SMILES string of the molecule is COC(=O)C1CC2CC(Nc3nccc(Oc4ccccc4)n3)C2C1. The lowest BCUT2D eigenvalue weighted by Gasteiger charge is -2.40. The van der Waals surface area contributed by atoms with Crippen LogP contribution in [0.25, 0.3) is 0 Å². The van der Waals surface area contributed by atoms with Gasteiger partial charge in [0, 0.05) is 18.3 Å². The van der Waals surface area contributed by atoms with E-state index >= 15 is 0 Å². The predicted octanol–water partition coefficient (Wildman–Crippen LogP) is 3.27. The molecule has 1 heterocycles. The Bertz CT molecular complexity index is 753. The smallest absolute Gasteiger partial charge is 0.308 e. The fraction of sp³-hybridized carbons (Fsp3) is 0.421. The van der Waals surface area contributed by atoms with Crippen LogP contribution >= 0.6 is 0 Å². The van der Waals surface area contributed by atoms with Gasteiger partial charge in [0.15, 0.2) is 0 Å². The van der Waals surface area contributed by atoms with E-state index in [-0.39, 0.29) is 11.9 Å². The number of esters is 1. The van der Waals surface area contributed by atoms with Crippen LogP contribution in [0.15, 0.2) is 42.6 Å². The van der Waals surface area contributed by atoms with E-state index < -0.39 is 0 Å². The number of aromatic nitrogens is 2. The summed E-state index contributed by atoms with van der Waals surface area (Å²) in [4.78, 5) is 20.5. The summed E-state index contributed by atoms with van der Waals surface area (Å²) in [5, 5.41) is 3.40. The van der Waals surface area contributed by atoms with Crippen molar-refractivity contribution in [3.05, 3.63) is 42.6 Å².